The zero-order valence-corrected chi connectivity index (χ0v) is 12.8. The van der Waals surface area contributed by atoms with Crippen molar-refractivity contribution in [3.05, 3.63) is 48.0 Å². The van der Waals surface area contributed by atoms with Crippen LogP contribution in [-0.4, -0.2) is 22.0 Å². The van der Waals surface area contributed by atoms with Crippen LogP contribution in [0.3, 0.4) is 0 Å². The zero-order valence-electron chi connectivity index (χ0n) is 12.8. The van der Waals surface area contributed by atoms with Crippen molar-refractivity contribution in [2.75, 3.05) is 11.9 Å². The average molecular weight is 286 g/mol. The van der Waals surface area contributed by atoms with Gasteiger partial charge in [-0.15, -0.1) is 0 Å². The summed E-state index contributed by atoms with van der Waals surface area (Å²) in [6.07, 6.45) is 4.27. The number of nitrogens with one attached hydrogen (secondary N) is 2. The van der Waals surface area contributed by atoms with Gasteiger partial charge < -0.3 is 15.2 Å². The van der Waals surface area contributed by atoms with E-state index in [1.165, 1.54) is 0 Å². The lowest BCUT2D eigenvalue weighted by Gasteiger charge is -2.15. The number of anilines is 1. The zero-order chi connectivity index (χ0) is 15.2. The monoisotopic (exact) mass is 286 g/mol. The van der Waals surface area contributed by atoms with Crippen LogP contribution in [0.15, 0.2) is 36.8 Å². The van der Waals surface area contributed by atoms with Gasteiger partial charge in [0.05, 0.1) is 12.5 Å². The summed E-state index contributed by atoms with van der Waals surface area (Å²) in [6, 6.07) is 8.18. The first-order chi connectivity index (χ1) is 10.1. The minimum absolute atomic E-state index is 0.152. The summed E-state index contributed by atoms with van der Waals surface area (Å²) in [5, 5.41) is 6.35. The Kier molecular flexibility index (Phi) is 5.11. The fourth-order valence-electron chi connectivity index (χ4n) is 2.14. The van der Waals surface area contributed by atoms with Crippen molar-refractivity contribution in [1.82, 2.24) is 14.9 Å². The number of nitrogens with zero attached hydrogens (tertiary/aromatic N) is 2. The van der Waals surface area contributed by atoms with Crippen molar-refractivity contribution in [3.8, 4) is 0 Å². The number of hydrogen-bond donors (Lipinski definition) is 2. The highest BCUT2D eigenvalue weighted by molar-refractivity contribution is 6.02. The molecular formula is C16H22N4O. The van der Waals surface area contributed by atoms with E-state index in [0.717, 1.165) is 24.2 Å². The second-order valence-electron chi connectivity index (χ2n) is 5.15. The number of imidazole rings is 1. The molecule has 5 heteroatoms. The van der Waals surface area contributed by atoms with E-state index in [-0.39, 0.29) is 11.9 Å². The standard InChI is InChI=1S/C16H22N4O/c1-4-8-18-12(2)13-6-5-7-14(9-13)19-16(21)15-10-17-11-20(15)3/h5-7,9-12,18H,4,8H2,1-3H3,(H,19,21). The van der Waals surface area contributed by atoms with Crippen molar-refractivity contribution in [1.29, 1.82) is 0 Å². The highest BCUT2D eigenvalue weighted by atomic mass is 16.1. The summed E-state index contributed by atoms with van der Waals surface area (Å²) < 4.78 is 1.70. The van der Waals surface area contributed by atoms with E-state index in [1.54, 1.807) is 24.1 Å². The van der Waals surface area contributed by atoms with E-state index in [9.17, 15) is 4.79 Å². The second kappa shape index (κ2) is 7.04. The summed E-state index contributed by atoms with van der Waals surface area (Å²) in [5.74, 6) is -0.152. The van der Waals surface area contributed by atoms with Crippen LogP contribution < -0.4 is 10.6 Å². The molecule has 0 spiro atoms. The summed E-state index contributed by atoms with van der Waals surface area (Å²) in [7, 11) is 1.80. The van der Waals surface area contributed by atoms with Gasteiger partial charge in [0, 0.05) is 18.8 Å². The molecule has 0 saturated carbocycles. The average Bonchev–Trinajstić information content (AvgIpc) is 2.91. The van der Waals surface area contributed by atoms with Gasteiger partial charge in [-0.2, -0.15) is 0 Å². The van der Waals surface area contributed by atoms with Gasteiger partial charge in [-0.3, -0.25) is 4.79 Å². The van der Waals surface area contributed by atoms with Gasteiger partial charge in [-0.05, 0) is 37.6 Å². The Balaban J connectivity index is 2.07. The molecule has 0 aliphatic carbocycles. The topological polar surface area (TPSA) is 58.9 Å². The lowest BCUT2D eigenvalue weighted by molar-refractivity contribution is 0.101. The van der Waals surface area contributed by atoms with Crippen LogP contribution in [0.1, 0.15) is 42.4 Å². The number of carbonyl (C=O) groups is 1. The minimum Gasteiger partial charge on any atom is -0.330 e. The van der Waals surface area contributed by atoms with Crippen LogP contribution in [-0.2, 0) is 7.05 Å². The number of benzene rings is 1. The molecule has 1 atom stereocenters. The number of aromatic nitrogens is 2. The SMILES string of the molecule is CCCNC(C)c1cccc(NC(=O)c2cncn2C)c1. The van der Waals surface area contributed by atoms with Crippen LogP contribution in [0, 0.1) is 0 Å². The van der Waals surface area contributed by atoms with Crippen molar-refractivity contribution >= 4 is 11.6 Å². The van der Waals surface area contributed by atoms with Gasteiger partial charge in [0.1, 0.15) is 5.69 Å². The molecular weight excluding hydrogens is 264 g/mol. The predicted molar refractivity (Wildman–Crippen MR) is 84.3 cm³/mol. The third-order valence-electron chi connectivity index (χ3n) is 3.39. The normalized spacial score (nSPS) is 12.1. The van der Waals surface area contributed by atoms with E-state index >= 15 is 0 Å². The first kappa shape index (κ1) is 15.3. The van der Waals surface area contributed by atoms with E-state index in [4.69, 9.17) is 0 Å². The van der Waals surface area contributed by atoms with Crippen LogP contribution in [0.25, 0.3) is 0 Å². The molecule has 0 aliphatic rings. The van der Waals surface area contributed by atoms with Gasteiger partial charge >= 0.3 is 0 Å². The number of carbonyl (C=O) groups excluding carboxylic acids is 1. The highest BCUT2D eigenvalue weighted by Gasteiger charge is 2.11. The first-order valence-corrected chi connectivity index (χ1v) is 7.22. The van der Waals surface area contributed by atoms with Crippen LogP contribution in [0.2, 0.25) is 0 Å². The van der Waals surface area contributed by atoms with E-state index < -0.39 is 0 Å². The quantitative estimate of drug-likeness (QED) is 0.858. The molecule has 0 bridgehead atoms. The van der Waals surface area contributed by atoms with Crippen LogP contribution in [0.5, 0.6) is 0 Å². The molecule has 1 amide bonds. The lowest BCUT2D eigenvalue weighted by atomic mass is 10.1. The molecule has 0 radical (unpaired) electrons. The van der Waals surface area contributed by atoms with Crippen molar-refractivity contribution in [3.63, 3.8) is 0 Å². The van der Waals surface area contributed by atoms with Crippen LogP contribution >= 0.6 is 0 Å². The van der Waals surface area contributed by atoms with Crippen LogP contribution in [0.4, 0.5) is 5.69 Å². The third kappa shape index (κ3) is 3.92. The van der Waals surface area contributed by atoms with Crippen molar-refractivity contribution < 1.29 is 4.79 Å². The maximum Gasteiger partial charge on any atom is 0.273 e. The summed E-state index contributed by atoms with van der Waals surface area (Å²) in [6.45, 7) is 5.24. The van der Waals surface area contributed by atoms with E-state index in [1.807, 2.05) is 18.2 Å². The van der Waals surface area contributed by atoms with Gasteiger partial charge in [-0.1, -0.05) is 19.1 Å². The fourth-order valence-corrected chi connectivity index (χ4v) is 2.14. The summed E-state index contributed by atoms with van der Waals surface area (Å²) in [4.78, 5) is 16.1. The molecule has 1 unspecified atom stereocenters. The Morgan fingerprint density at radius 3 is 2.90 bits per heavy atom. The minimum atomic E-state index is -0.152. The van der Waals surface area contributed by atoms with Gasteiger partial charge in [0.15, 0.2) is 0 Å². The highest BCUT2D eigenvalue weighted by Crippen LogP contribution is 2.18. The number of hydrogen-bond acceptors (Lipinski definition) is 3. The number of aryl methyl sites for hydroxylation is 1. The molecule has 1 heterocycles. The Bertz CT molecular complexity index is 606. The van der Waals surface area contributed by atoms with E-state index in [2.05, 4.69) is 35.5 Å². The Morgan fingerprint density at radius 1 is 1.43 bits per heavy atom. The molecule has 0 saturated heterocycles. The lowest BCUT2D eigenvalue weighted by Crippen LogP contribution is -2.20. The maximum atomic E-state index is 12.2. The summed E-state index contributed by atoms with van der Waals surface area (Å²) in [5.41, 5.74) is 2.49. The largest absolute Gasteiger partial charge is 0.330 e. The molecule has 21 heavy (non-hydrogen) atoms. The molecule has 1 aromatic heterocycles. The Hall–Kier alpha value is -2.14. The molecule has 1 aromatic carbocycles. The van der Waals surface area contributed by atoms with Crippen molar-refractivity contribution in [2.45, 2.75) is 26.3 Å². The molecule has 2 rings (SSSR count). The molecule has 2 N–H and O–H groups in total. The predicted octanol–water partition coefficient (Wildman–Crippen LogP) is 2.73. The first-order valence-electron chi connectivity index (χ1n) is 7.22. The van der Waals surface area contributed by atoms with Gasteiger partial charge in [0.25, 0.3) is 5.91 Å². The summed E-state index contributed by atoms with van der Waals surface area (Å²) >= 11 is 0. The molecule has 0 fully saturated rings. The Labute approximate surface area is 125 Å². The number of rotatable bonds is 6. The maximum absolute atomic E-state index is 12.2. The van der Waals surface area contributed by atoms with Gasteiger partial charge in [-0.25, -0.2) is 4.98 Å². The van der Waals surface area contributed by atoms with Gasteiger partial charge in [0.2, 0.25) is 0 Å². The molecule has 5 nitrogen and oxygen atoms in total. The molecule has 112 valence electrons. The third-order valence-corrected chi connectivity index (χ3v) is 3.39. The van der Waals surface area contributed by atoms with E-state index in [0.29, 0.717) is 5.69 Å². The molecule has 0 aliphatic heterocycles. The van der Waals surface area contributed by atoms with Crippen molar-refractivity contribution in [2.24, 2.45) is 7.05 Å². The molecule has 2 aromatic rings. The smallest absolute Gasteiger partial charge is 0.273 e. The fraction of sp³-hybridized carbons (Fsp3) is 0.375. The second-order valence-corrected chi connectivity index (χ2v) is 5.15. The Morgan fingerprint density at radius 2 is 2.24 bits per heavy atom. The number of amides is 1.